The molecule has 1 heterocycles. The topological polar surface area (TPSA) is 81.2 Å². The van der Waals surface area contributed by atoms with Gasteiger partial charge < -0.3 is 15.5 Å². The lowest BCUT2D eigenvalue weighted by Crippen LogP contribution is -2.31. The van der Waals surface area contributed by atoms with E-state index in [1.165, 1.54) is 11.1 Å². The standard InChI is InChI=1S/C17H21N3O2/c1-10-3-5-13(7-11(10)2)16(21)19-9-12-4-6-15-14(8-12)20-17(18)22-15/h4,6,8,13H,3,5,7,9H2,1-2H3,(H2,18,20)(H,19,21). The molecule has 1 amide bonds. The van der Waals surface area contributed by atoms with Crippen LogP contribution in [0.15, 0.2) is 33.8 Å². The van der Waals surface area contributed by atoms with Crippen LogP contribution in [0.3, 0.4) is 0 Å². The van der Waals surface area contributed by atoms with E-state index in [9.17, 15) is 4.79 Å². The van der Waals surface area contributed by atoms with Crippen molar-refractivity contribution in [2.75, 3.05) is 5.73 Å². The number of nitrogens with zero attached hydrogens (tertiary/aromatic N) is 1. The van der Waals surface area contributed by atoms with E-state index in [0.717, 1.165) is 30.3 Å². The minimum atomic E-state index is 0.0927. The normalized spacial score (nSPS) is 18.7. The first-order valence-electron chi connectivity index (χ1n) is 7.61. The molecule has 116 valence electrons. The Bertz CT molecular complexity index is 745. The van der Waals surface area contributed by atoms with Crippen LogP contribution in [0.2, 0.25) is 0 Å². The average Bonchev–Trinajstić information content (AvgIpc) is 2.86. The molecule has 1 aromatic carbocycles. The monoisotopic (exact) mass is 299 g/mol. The maximum absolute atomic E-state index is 12.3. The highest BCUT2D eigenvalue weighted by Gasteiger charge is 2.22. The van der Waals surface area contributed by atoms with Gasteiger partial charge in [-0.2, -0.15) is 4.98 Å². The Morgan fingerprint density at radius 2 is 2.23 bits per heavy atom. The zero-order valence-corrected chi connectivity index (χ0v) is 13.0. The van der Waals surface area contributed by atoms with Crippen molar-refractivity contribution >= 4 is 23.0 Å². The van der Waals surface area contributed by atoms with Crippen LogP contribution in [0, 0.1) is 5.92 Å². The quantitative estimate of drug-likeness (QED) is 0.853. The molecular weight excluding hydrogens is 278 g/mol. The van der Waals surface area contributed by atoms with Crippen LogP contribution in [0.5, 0.6) is 0 Å². The van der Waals surface area contributed by atoms with Crippen molar-refractivity contribution in [1.29, 1.82) is 0 Å². The van der Waals surface area contributed by atoms with Gasteiger partial charge in [0, 0.05) is 12.5 Å². The Morgan fingerprint density at radius 1 is 1.41 bits per heavy atom. The zero-order valence-electron chi connectivity index (χ0n) is 13.0. The first-order valence-corrected chi connectivity index (χ1v) is 7.61. The van der Waals surface area contributed by atoms with Gasteiger partial charge in [-0.3, -0.25) is 4.79 Å². The van der Waals surface area contributed by atoms with E-state index in [0.29, 0.717) is 12.1 Å². The Morgan fingerprint density at radius 3 is 3.00 bits per heavy atom. The van der Waals surface area contributed by atoms with E-state index in [-0.39, 0.29) is 17.8 Å². The number of carbonyl (C=O) groups excluding carboxylic acids is 1. The summed E-state index contributed by atoms with van der Waals surface area (Å²) in [5.74, 6) is 0.224. The number of aromatic nitrogens is 1. The molecule has 3 N–H and O–H groups in total. The van der Waals surface area contributed by atoms with Gasteiger partial charge in [0.15, 0.2) is 5.58 Å². The summed E-state index contributed by atoms with van der Waals surface area (Å²) < 4.78 is 5.24. The molecule has 1 atom stereocenters. The van der Waals surface area contributed by atoms with Crippen LogP contribution in [-0.2, 0) is 11.3 Å². The fraction of sp³-hybridized carbons (Fsp3) is 0.412. The van der Waals surface area contributed by atoms with E-state index in [1.807, 2.05) is 18.2 Å². The highest BCUT2D eigenvalue weighted by Crippen LogP contribution is 2.29. The number of nitrogen functional groups attached to an aromatic ring is 1. The minimum absolute atomic E-state index is 0.0927. The second-order valence-corrected chi connectivity index (χ2v) is 6.07. The molecule has 0 aliphatic heterocycles. The van der Waals surface area contributed by atoms with Gasteiger partial charge >= 0.3 is 0 Å². The number of nitrogens with one attached hydrogen (secondary N) is 1. The van der Waals surface area contributed by atoms with Gasteiger partial charge in [0.1, 0.15) is 5.52 Å². The van der Waals surface area contributed by atoms with Gasteiger partial charge in [0.25, 0.3) is 6.01 Å². The summed E-state index contributed by atoms with van der Waals surface area (Å²) in [7, 11) is 0. The predicted octanol–water partition coefficient (Wildman–Crippen LogP) is 3.16. The van der Waals surface area contributed by atoms with E-state index in [4.69, 9.17) is 10.2 Å². The number of anilines is 1. The molecule has 1 aliphatic rings. The van der Waals surface area contributed by atoms with Crippen molar-refractivity contribution in [2.45, 2.75) is 39.7 Å². The van der Waals surface area contributed by atoms with Gasteiger partial charge in [-0.25, -0.2) is 0 Å². The predicted molar refractivity (Wildman–Crippen MR) is 86.0 cm³/mol. The lowest BCUT2D eigenvalue weighted by molar-refractivity contribution is -0.125. The molecule has 0 saturated carbocycles. The molecule has 2 aromatic rings. The van der Waals surface area contributed by atoms with Gasteiger partial charge in [-0.1, -0.05) is 17.2 Å². The number of fused-ring (bicyclic) bond motifs is 1. The number of benzene rings is 1. The molecule has 0 radical (unpaired) electrons. The lowest BCUT2D eigenvalue weighted by atomic mass is 9.84. The lowest BCUT2D eigenvalue weighted by Gasteiger charge is -2.23. The van der Waals surface area contributed by atoms with E-state index < -0.39 is 0 Å². The smallest absolute Gasteiger partial charge is 0.292 e. The minimum Gasteiger partial charge on any atom is -0.424 e. The Hall–Kier alpha value is -2.30. The number of rotatable bonds is 3. The third-order valence-corrected chi connectivity index (χ3v) is 4.45. The molecule has 0 bridgehead atoms. The Balaban J connectivity index is 1.62. The van der Waals surface area contributed by atoms with Crippen LogP contribution < -0.4 is 11.1 Å². The molecule has 0 fully saturated rings. The molecule has 1 aromatic heterocycles. The first kappa shape index (κ1) is 14.6. The van der Waals surface area contributed by atoms with E-state index in [1.54, 1.807) is 0 Å². The first-order chi connectivity index (χ1) is 10.5. The summed E-state index contributed by atoms with van der Waals surface area (Å²) in [6, 6.07) is 5.81. The number of oxazole rings is 1. The van der Waals surface area contributed by atoms with Gasteiger partial charge in [-0.05, 0) is 50.8 Å². The van der Waals surface area contributed by atoms with Crippen LogP contribution in [0.1, 0.15) is 38.7 Å². The summed E-state index contributed by atoms with van der Waals surface area (Å²) in [6.07, 6.45) is 2.83. The van der Waals surface area contributed by atoms with E-state index >= 15 is 0 Å². The number of amides is 1. The molecule has 5 heteroatoms. The number of carbonyl (C=O) groups is 1. The maximum Gasteiger partial charge on any atom is 0.292 e. The molecule has 0 spiro atoms. The summed E-state index contributed by atoms with van der Waals surface area (Å²) >= 11 is 0. The molecule has 0 saturated heterocycles. The molecule has 3 rings (SSSR count). The number of hydrogen-bond acceptors (Lipinski definition) is 4. The van der Waals surface area contributed by atoms with Gasteiger partial charge in [-0.15, -0.1) is 0 Å². The summed E-state index contributed by atoms with van der Waals surface area (Å²) in [4.78, 5) is 16.4. The molecule has 1 unspecified atom stereocenters. The fourth-order valence-corrected chi connectivity index (χ4v) is 2.91. The second-order valence-electron chi connectivity index (χ2n) is 6.07. The number of hydrogen-bond donors (Lipinski definition) is 2. The van der Waals surface area contributed by atoms with Gasteiger partial charge in [0.05, 0.1) is 0 Å². The SMILES string of the molecule is CC1=C(C)CC(C(=O)NCc2ccc3oc(N)nc3c2)CC1. The Kier molecular flexibility index (Phi) is 3.88. The second kappa shape index (κ2) is 5.83. The molecule has 1 aliphatic carbocycles. The van der Waals surface area contributed by atoms with Crippen LogP contribution in [0.4, 0.5) is 6.01 Å². The number of allylic oxidation sites excluding steroid dienone is 2. The summed E-state index contributed by atoms with van der Waals surface area (Å²) in [5.41, 5.74) is 10.7. The maximum atomic E-state index is 12.3. The molecule has 22 heavy (non-hydrogen) atoms. The molecule has 5 nitrogen and oxygen atoms in total. The van der Waals surface area contributed by atoms with Crippen molar-refractivity contribution in [2.24, 2.45) is 5.92 Å². The van der Waals surface area contributed by atoms with Crippen molar-refractivity contribution in [3.8, 4) is 0 Å². The number of nitrogens with two attached hydrogens (primary N) is 1. The Labute approximate surface area is 129 Å². The highest BCUT2D eigenvalue weighted by atomic mass is 16.4. The van der Waals surface area contributed by atoms with Crippen LogP contribution >= 0.6 is 0 Å². The average molecular weight is 299 g/mol. The zero-order chi connectivity index (χ0) is 15.7. The van der Waals surface area contributed by atoms with Crippen LogP contribution in [-0.4, -0.2) is 10.9 Å². The van der Waals surface area contributed by atoms with Crippen molar-refractivity contribution < 1.29 is 9.21 Å². The summed E-state index contributed by atoms with van der Waals surface area (Å²) in [5, 5.41) is 3.02. The van der Waals surface area contributed by atoms with E-state index in [2.05, 4.69) is 24.1 Å². The van der Waals surface area contributed by atoms with Gasteiger partial charge in [0.2, 0.25) is 5.91 Å². The molecular formula is C17H21N3O2. The van der Waals surface area contributed by atoms with Crippen molar-refractivity contribution in [3.05, 3.63) is 34.9 Å². The largest absolute Gasteiger partial charge is 0.424 e. The highest BCUT2D eigenvalue weighted by molar-refractivity contribution is 5.79. The van der Waals surface area contributed by atoms with Crippen LogP contribution in [0.25, 0.3) is 11.1 Å². The van der Waals surface area contributed by atoms with Crippen molar-refractivity contribution in [1.82, 2.24) is 10.3 Å². The fourth-order valence-electron chi connectivity index (χ4n) is 2.91. The third-order valence-electron chi connectivity index (χ3n) is 4.45. The third kappa shape index (κ3) is 2.98. The van der Waals surface area contributed by atoms with Crippen molar-refractivity contribution in [3.63, 3.8) is 0 Å². The summed E-state index contributed by atoms with van der Waals surface area (Å²) in [6.45, 7) is 4.78.